The molecule has 2 aliphatic heterocycles. The minimum Gasteiger partial charge on any atom is -0.494 e. The second-order valence-electron chi connectivity index (χ2n) is 7.18. The van der Waals surface area contributed by atoms with E-state index < -0.39 is 35.3 Å². The average molecular weight is 434 g/mol. The zero-order valence-corrected chi connectivity index (χ0v) is 16.8. The summed E-state index contributed by atoms with van der Waals surface area (Å²) in [6, 6.07) is 3.35. The molecule has 31 heavy (non-hydrogen) atoms. The lowest BCUT2D eigenvalue weighted by molar-refractivity contribution is 0.199. The lowest BCUT2D eigenvalue weighted by Crippen LogP contribution is -2.56. The third-order valence-electron chi connectivity index (χ3n) is 5.27. The number of ether oxygens (including phenoxy) is 1. The molecule has 2 amide bonds. The number of amides is 2. The quantitative estimate of drug-likeness (QED) is 0.572. The molecule has 10 heteroatoms. The number of urea groups is 1. The maximum absolute atomic E-state index is 14.0. The summed E-state index contributed by atoms with van der Waals surface area (Å²) in [5, 5.41) is 2.63. The van der Waals surface area contributed by atoms with Gasteiger partial charge < -0.3 is 4.74 Å². The Labute approximate surface area is 175 Å². The van der Waals surface area contributed by atoms with E-state index in [1.54, 1.807) is 17.9 Å². The molecular formula is C21H18F4N4O2. The van der Waals surface area contributed by atoms with Crippen LogP contribution in [0.25, 0.3) is 0 Å². The number of carbonyl (C=O) groups is 1. The molecule has 2 aromatic rings. The number of halogens is 4. The van der Waals surface area contributed by atoms with E-state index in [0.29, 0.717) is 23.5 Å². The maximum atomic E-state index is 14.0. The molecule has 2 heterocycles. The number of benzene rings is 2. The van der Waals surface area contributed by atoms with Crippen LogP contribution in [0.3, 0.4) is 0 Å². The lowest BCUT2D eigenvalue weighted by atomic mass is 10.0. The lowest BCUT2D eigenvalue weighted by Gasteiger charge is -2.38. The van der Waals surface area contributed by atoms with Crippen molar-refractivity contribution in [1.82, 2.24) is 15.1 Å². The predicted octanol–water partition coefficient (Wildman–Crippen LogP) is 4.49. The van der Waals surface area contributed by atoms with E-state index in [0.717, 1.165) is 12.1 Å². The van der Waals surface area contributed by atoms with Gasteiger partial charge in [0.25, 0.3) is 0 Å². The van der Waals surface area contributed by atoms with Crippen molar-refractivity contribution in [2.75, 3.05) is 14.2 Å². The van der Waals surface area contributed by atoms with Gasteiger partial charge in [-0.25, -0.2) is 27.3 Å². The molecule has 0 radical (unpaired) electrons. The van der Waals surface area contributed by atoms with E-state index in [4.69, 9.17) is 4.74 Å². The normalized spacial score (nSPS) is 19.5. The molecule has 0 aliphatic carbocycles. The number of nitrogens with one attached hydrogen (secondary N) is 1. The molecule has 162 valence electrons. The third-order valence-corrected chi connectivity index (χ3v) is 5.27. The van der Waals surface area contributed by atoms with Gasteiger partial charge in [-0.05, 0) is 48.7 Å². The number of methoxy groups -OCH3 is 1. The first-order valence-electron chi connectivity index (χ1n) is 9.32. The number of carbonyl (C=O) groups excluding carboxylic acids is 1. The summed E-state index contributed by atoms with van der Waals surface area (Å²) >= 11 is 0. The molecule has 2 aliphatic rings. The smallest absolute Gasteiger partial charge is 0.329 e. The molecule has 4 rings (SSSR count). The Balaban J connectivity index is 1.82. The number of hydrogen-bond acceptors (Lipinski definition) is 3. The molecule has 1 atom stereocenters. The Morgan fingerprint density at radius 3 is 2.42 bits per heavy atom. The second kappa shape index (κ2) is 7.60. The van der Waals surface area contributed by atoms with Crippen LogP contribution in [0.5, 0.6) is 5.75 Å². The number of rotatable bonds is 3. The monoisotopic (exact) mass is 434 g/mol. The van der Waals surface area contributed by atoms with Crippen LogP contribution in [0.4, 0.5) is 28.0 Å². The van der Waals surface area contributed by atoms with E-state index >= 15 is 0 Å². The summed E-state index contributed by atoms with van der Waals surface area (Å²) in [6.45, 7) is 1.64. The van der Waals surface area contributed by atoms with Crippen molar-refractivity contribution in [3.8, 4) is 5.75 Å². The van der Waals surface area contributed by atoms with Crippen LogP contribution < -0.4 is 10.1 Å². The van der Waals surface area contributed by atoms with Crippen LogP contribution in [0.1, 0.15) is 23.6 Å². The Morgan fingerprint density at radius 1 is 1.10 bits per heavy atom. The molecular weight excluding hydrogens is 416 g/mol. The molecule has 0 saturated carbocycles. The zero-order chi connectivity index (χ0) is 22.4. The van der Waals surface area contributed by atoms with Gasteiger partial charge in [0.2, 0.25) is 5.96 Å². The van der Waals surface area contributed by atoms with Gasteiger partial charge in [0, 0.05) is 13.1 Å². The van der Waals surface area contributed by atoms with Gasteiger partial charge in [0.15, 0.2) is 29.0 Å². The SMILES string of the molecule is COc1cc(N=C2NC(=O)N(C)C3=CCC(c4cc(F)c(F)c(F)c4)N32)c(C)cc1F. The van der Waals surface area contributed by atoms with Crippen LogP contribution in [0.15, 0.2) is 41.2 Å². The van der Waals surface area contributed by atoms with Gasteiger partial charge in [0.05, 0.1) is 18.8 Å². The molecule has 1 fully saturated rings. The Kier molecular flexibility index (Phi) is 5.08. The summed E-state index contributed by atoms with van der Waals surface area (Å²) in [5.74, 6) is -4.23. The Bertz CT molecular complexity index is 1130. The highest BCUT2D eigenvalue weighted by Crippen LogP contribution is 2.39. The van der Waals surface area contributed by atoms with Crippen molar-refractivity contribution in [1.29, 1.82) is 0 Å². The topological polar surface area (TPSA) is 57.2 Å². The van der Waals surface area contributed by atoms with Crippen LogP contribution >= 0.6 is 0 Å². The summed E-state index contributed by atoms with van der Waals surface area (Å²) in [4.78, 5) is 19.8. The van der Waals surface area contributed by atoms with Crippen molar-refractivity contribution < 1.29 is 27.1 Å². The highest BCUT2D eigenvalue weighted by molar-refractivity contribution is 6.02. The van der Waals surface area contributed by atoms with E-state index in [1.165, 1.54) is 31.2 Å². The van der Waals surface area contributed by atoms with Gasteiger partial charge in [-0.3, -0.25) is 15.1 Å². The first-order chi connectivity index (χ1) is 14.7. The third kappa shape index (κ3) is 3.47. The zero-order valence-electron chi connectivity index (χ0n) is 16.8. The number of aryl methyl sites for hydroxylation is 1. The summed E-state index contributed by atoms with van der Waals surface area (Å²) < 4.78 is 60.1. The van der Waals surface area contributed by atoms with Crippen molar-refractivity contribution in [3.05, 3.63) is 70.6 Å². The summed E-state index contributed by atoms with van der Waals surface area (Å²) in [6.07, 6.45) is 2.01. The molecule has 0 bridgehead atoms. The first kappa shape index (κ1) is 20.7. The minimum atomic E-state index is -1.55. The Hall–Kier alpha value is -3.56. The number of nitrogens with zero attached hydrogens (tertiary/aromatic N) is 3. The van der Waals surface area contributed by atoms with Crippen molar-refractivity contribution >= 4 is 17.7 Å². The number of hydrogen-bond donors (Lipinski definition) is 1. The van der Waals surface area contributed by atoms with Crippen molar-refractivity contribution in [3.63, 3.8) is 0 Å². The summed E-state index contributed by atoms with van der Waals surface area (Å²) in [7, 11) is 2.85. The molecule has 0 aromatic heterocycles. The molecule has 6 nitrogen and oxygen atoms in total. The van der Waals surface area contributed by atoms with Gasteiger partial charge >= 0.3 is 6.03 Å². The van der Waals surface area contributed by atoms with Crippen molar-refractivity contribution in [2.24, 2.45) is 4.99 Å². The molecule has 1 unspecified atom stereocenters. The van der Waals surface area contributed by atoms with Crippen molar-refractivity contribution in [2.45, 2.75) is 19.4 Å². The number of aliphatic imine (C=N–C) groups is 1. The van der Waals surface area contributed by atoms with Gasteiger partial charge in [-0.1, -0.05) is 0 Å². The average Bonchev–Trinajstić information content (AvgIpc) is 3.17. The number of fused-ring (bicyclic) bond motifs is 1. The fourth-order valence-electron chi connectivity index (χ4n) is 3.65. The molecule has 1 saturated heterocycles. The highest BCUT2D eigenvalue weighted by atomic mass is 19.2. The van der Waals surface area contributed by atoms with Gasteiger partial charge in [-0.2, -0.15) is 0 Å². The fourth-order valence-corrected chi connectivity index (χ4v) is 3.65. The Morgan fingerprint density at radius 2 is 1.77 bits per heavy atom. The standard InChI is InChI=1S/C21H18F4N4O2/c1-10-6-12(22)17(31-3)9-15(10)26-20-27-21(30)28(2)18-5-4-16(29(18)20)11-7-13(23)19(25)14(24)8-11/h5-9,16H,4H2,1-3H3,(H,26,27,30). The maximum Gasteiger partial charge on any atom is 0.329 e. The van der Waals surface area contributed by atoms with E-state index in [9.17, 15) is 22.4 Å². The summed E-state index contributed by atoms with van der Waals surface area (Å²) in [5.41, 5.74) is 0.993. The van der Waals surface area contributed by atoms with Gasteiger partial charge in [-0.15, -0.1) is 0 Å². The van der Waals surface area contributed by atoms with E-state index in [1.807, 2.05) is 0 Å². The van der Waals surface area contributed by atoms with Crippen LogP contribution in [0.2, 0.25) is 0 Å². The first-order valence-corrected chi connectivity index (χ1v) is 9.32. The van der Waals surface area contributed by atoms with Crippen LogP contribution in [-0.2, 0) is 0 Å². The largest absolute Gasteiger partial charge is 0.494 e. The molecule has 1 N–H and O–H groups in total. The number of guanidine groups is 1. The van der Waals surface area contributed by atoms with E-state index in [-0.39, 0.29) is 17.3 Å². The predicted molar refractivity (Wildman–Crippen MR) is 105 cm³/mol. The minimum absolute atomic E-state index is 0.0272. The van der Waals surface area contributed by atoms with E-state index in [2.05, 4.69) is 10.3 Å². The van der Waals surface area contributed by atoms with Gasteiger partial charge in [0.1, 0.15) is 5.82 Å². The fraction of sp³-hybridized carbons (Fsp3) is 0.238. The highest BCUT2D eigenvalue weighted by Gasteiger charge is 2.40. The molecule has 0 spiro atoms. The van der Waals surface area contributed by atoms with Crippen LogP contribution in [0, 0.1) is 30.2 Å². The second-order valence-corrected chi connectivity index (χ2v) is 7.18. The molecule has 2 aromatic carbocycles. The van der Waals surface area contributed by atoms with Crippen LogP contribution in [-0.4, -0.2) is 35.9 Å².